The first-order valence-corrected chi connectivity index (χ1v) is 6.08. The first kappa shape index (κ1) is 12.5. The third kappa shape index (κ3) is 5.17. The van der Waals surface area contributed by atoms with E-state index in [1.54, 1.807) is 6.92 Å². The number of hydrogen-bond donors (Lipinski definition) is 2. The zero-order chi connectivity index (χ0) is 11.3. The second-order valence-corrected chi connectivity index (χ2v) is 5.05. The molecule has 2 N–H and O–H groups in total. The summed E-state index contributed by atoms with van der Waals surface area (Å²) in [6.45, 7) is 7.17. The average Bonchev–Trinajstić information content (AvgIpc) is 2.16. The number of amides is 1. The van der Waals surface area contributed by atoms with Gasteiger partial charge in [0.15, 0.2) is 0 Å². The molecule has 1 aliphatic rings. The van der Waals surface area contributed by atoms with E-state index in [9.17, 15) is 4.79 Å². The number of carbonyl (C=O) groups excluding carboxylic acids is 1. The van der Waals surface area contributed by atoms with E-state index in [-0.39, 0.29) is 5.91 Å². The van der Waals surface area contributed by atoms with Gasteiger partial charge in [0, 0.05) is 19.0 Å². The summed E-state index contributed by atoms with van der Waals surface area (Å²) in [5.74, 6) is 0.826. The van der Waals surface area contributed by atoms with E-state index in [1.807, 2.05) is 0 Å². The van der Waals surface area contributed by atoms with Crippen LogP contribution in [-0.2, 0) is 4.79 Å². The van der Waals surface area contributed by atoms with Crippen LogP contribution in [0.25, 0.3) is 0 Å². The molecule has 1 amide bonds. The van der Waals surface area contributed by atoms with Crippen molar-refractivity contribution >= 4 is 5.91 Å². The standard InChI is InChI=1S/C12H24N2O/c1-9(2)8-13-11-4-6-12(7-5-11)14-10(3)15/h9,11-13H,4-8H2,1-3H3,(H,14,15)/t11-,12-. The first-order valence-electron chi connectivity index (χ1n) is 6.08. The maximum Gasteiger partial charge on any atom is 0.217 e. The molecule has 15 heavy (non-hydrogen) atoms. The van der Waals surface area contributed by atoms with Crippen molar-refractivity contribution in [2.45, 2.75) is 58.5 Å². The average molecular weight is 212 g/mol. The summed E-state index contributed by atoms with van der Waals surface area (Å²) in [6.07, 6.45) is 4.63. The lowest BCUT2D eigenvalue weighted by atomic mass is 9.91. The van der Waals surface area contributed by atoms with Gasteiger partial charge in [0.05, 0.1) is 0 Å². The van der Waals surface area contributed by atoms with Crippen molar-refractivity contribution in [1.82, 2.24) is 10.6 Å². The van der Waals surface area contributed by atoms with Crippen LogP contribution in [0.15, 0.2) is 0 Å². The molecule has 0 heterocycles. The van der Waals surface area contributed by atoms with Crippen molar-refractivity contribution in [3.63, 3.8) is 0 Å². The van der Waals surface area contributed by atoms with Crippen LogP contribution < -0.4 is 10.6 Å². The van der Waals surface area contributed by atoms with Gasteiger partial charge in [-0.05, 0) is 38.1 Å². The Balaban J connectivity index is 2.15. The third-order valence-electron chi connectivity index (χ3n) is 2.95. The lowest BCUT2D eigenvalue weighted by Crippen LogP contribution is -2.42. The van der Waals surface area contributed by atoms with Crippen LogP contribution in [0.2, 0.25) is 0 Å². The Kier molecular flexibility index (Phi) is 5.09. The Morgan fingerprint density at radius 3 is 2.20 bits per heavy atom. The number of carbonyl (C=O) groups is 1. The molecule has 1 fully saturated rings. The fraction of sp³-hybridized carbons (Fsp3) is 0.917. The minimum Gasteiger partial charge on any atom is -0.354 e. The molecule has 1 saturated carbocycles. The maximum absolute atomic E-state index is 10.9. The van der Waals surface area contributed by atoms with Crippen molar-refractivity contribution in [2.75, 3.05) is 6.54 Å². The zero-order valence-electron chi connectivity index (χ0n) is 10.2. The van der Waals surface area contributed by atoms with Gasteiger partial charge in [0.25, 0.3) is 0 Å². The molecule has 0 aromatic heterocycles. The van der Waals surface area contributed by atoms with Crippen molar-refractivity contribution in [2.24, 2.45) is 5.92 Å². The van der Waals surface area contributed by atoms with Gasteiger partial charge in [0.1, 0.15) is 0 Å². The van der Waals surface area contributed by atoms with E-state index in [2.05, 4.69) is 24.5 Å². The second-order valence-electron chi connectivity index (χ2n) is 5.05. The molecule has 0 bridgehead atoms. The Hall–Kier alpha value is -0.570. The van der Waals surface area contributed by atoms with Crippen LogP contribution >= 0.6 is 0 Å². The number of nitrogens with one attached hydrogen (secondary N) is 2. The monoisotopic (exact) mass is 212 g/mol. The molecular formula is C12H24N2O. The van der Waals surface area contributed by atoms with Crippen molar-refractivity contribution in [3.05, 3.63) is 0 Å². The normalized spacial score (nSPS) is 26.7. The van der Waals surface area contributed by atoms with Crippen LogP contribution in [-0.4, -0.2) is 24.5 Å². The van der Waals surface area contributed by atoms with E-state index in [0.29, 0.717) is 12.1 Å². The molecule has 0 radical (unpaired) electrons. The van der Waals surface area contributed by atoms with Gasteiger partial charge in [0.2, 0.25) is 5.91 Å². The van der Waals surface area contributed by atoms with Crippen LogP contribution in [0.5, 0.6) is 0 Å². The highest BCUT2D eigenvalue weighted by molar-refractivity contribution is 5.73. The van der Waals surface area contributed by atoms with Gasteiger partial charge in [-0.3, -0.25) is 4.79 Å². The molecular weight excluding hydrogens is 188 g/mol. The van der Waals surface area contributed by atoms with E-state index in [0.717, 1.165) is 25.3 Å². The van der Waals surface area contributed by atoms with Crippen molar-refractivity contribution in [3.8, 4) is 0 Å². The number of hydrogen-bond acceptors (Lipinski definition) is 2. The largest absolute Gasteiger partial charge is 0.354 e. The third-order valence-corrected chi connectivity index (χ3v) is 2.95. The summed E-state index contributed by atoms with van der Waals surface area (Å²) in [5.41, 5.74) is 0. The van der Waals surface area contributed by atoms with Gasteiger partial charge in [-0.2, -0.15) is 0 Å². The molecule has 0 aromatic rings. The van der Waals surface area contributed by atoms with E-state index in [1.165, 1.54) is 12.8 Å². The van der Waals surface area contributed by atoms with Crippen LogP contribution in [0.3, 0.4) is 0 Å². The molecule has 0 aromatic carbocycles. The van der Waals surface area contributed by atoms with Crippen LogP contribution in [0, 0.1) is 5.92 Å². The predicted octanol–water partition coefficient (Wildman–Crippen LogP) is 1.68. The van der Waals surface area contributed by atoms with Crippen LogP contribution in [0.1, 0.15) is 46.5 Å². The quantitative estimate of drug-likeness (QED) is 0.744. The summed E-state index contributed by atoms with van der Waals surface area (Å²) in [5, 5.41) is 6.58. The van der Waals surface area contributed by atoms with Gasteiger partial charge in [-0.1, -0.05) is 13.8 Å². The highest BCUT2D eigenvalue weighted by Crippen LogP contribution is 2.18. The topological polar surface area (TPSA) is 41.1 Å². The smallest absolute Gasteiger partial charge is 0.217 e. The zero-order valence-corrected chi connectivity index (χ0v) is 10.2. The fourth-order valence-corrected chi connectivity index (χ4v) is 2.13. The summed E-state index contributed by atoms with van der Waals surface area (Å²) in [7, 11) is 0. The lowest BCUT2D eigenvalue weighted by Gasteiger charge is -2.30. The van der Waals surface area contributed by atoms with Crippen LogP contribution in [0.4, 0.5) is 0 Å². The molecule has 0 saturated heterocycles. The van der Waals surface area contributed by atoms with Gasteiger partial charge in [-0.15, -0.1) is 0 Å². The molecule has 0 atom stereocenters. The SMILES string of the molecule is CC(=O)N[C@H]1CC[C@H](NCC(C)C)CC1. The minimum atomic E-state index is 0.105. The first-order chi connectivity index (χ1) is 7.08. The summed E-state index contributed by atoms with van der Waals surface area (Å²) < 4.78 is 0. The molecule has 1 rings (SSSR count). The summed E-state index contributed by atoms with van der Waals surface area (Å²) in [6, 6.07) is 1.08. The predicted molar refractivity (Wildman–Crippen MR) is 62.7 cm³/mol. The summed E-state index contributed by atoms with van der Waals surface area (Å²) in [4.78, 5) is 10.9. The molecule has 0 aliphatic heterocycles. The van der Waals surface area contributed by atoms with E-state index in [4.69, 9.17) is 0 Å². The Morgan fingerprint density at radius 2 is 1.73 bits per heavy atom. The Bertz CT molecular complexity index is 196. The van der Waals surface area contributed by atoms with Gasteiger partial charge >= 0.3 is 0 Å². The van der Waals surface area contributed by atoms with E-state index < -0.39 is 0 Å². The molecule has 1 aliphatic carbocycles. The van der Waals surface area contributed by atoms with Crippen molar-refractivity contribution in [1.29, 1.82) is 0 Å². The summed E-state index contributed by atoms with van der Waals surface area (Å²) >= 11 is 0. The molecule has 3 nitrogen and oxygen atoms in total. The highest BCUT2D eigenvalue weighted by Gasteiger charge is 2.20. The molecule has 3 heteroatoms. The van der Waals surface area contributed by atoms with Crippen molar-refractivity contribution < 1.29 is 4.79 Å². The molecule has 0 spiro atoms. The Morgan fingerprint density at radius 1 is 1.20 bits per heavy atom. The fourth-order valence-electron chi connectivity index (χ4n) is 2.13. The van der Waals surface area contributed by atoms with Gasteiger partial charge in [-0.25, -0.2) is 0 Å². The number of rotatable bonds is 4. The minimum absolute atomic E-state index is 0.105. The lowest BCUT2D eigenvalue weighted by molar-refractivity contribution is -0.119. The molecule has 0 unspecified atom stereocenters. The second kappa shape index (κ2) is 6.11. The maximum atomic E-state index is 10.9. The van der Waals surface area contributed by atoms with E-state index >= 15 is 0 Å². The van der Waals surface area contributed by atoms with Gasteiger partial charge < -0.3 is 10.6 Å². The Labute approximate surface area is 93.0 Å². The molecule has 88 valence electrons. The highest BCUT2D eigenvalue weighted by atomic mass is 16.1.